The van der Waals surface area contributed by atoms with E-state index in [1.807, 2.05) is 12.1 Å². The Morgan fingerprint density at radius 3 is 2.81 bits per heavy atom. The fraction of sp³-hybridized carbons (Fsp3) is 0.278. The van der Waals surface area contributed by atoms with E-state index in [9.17, 15) is 14.9 Å². The van der Waals surface area contributed by atoms with Crippen LogP contribution in [0.1, 0.15) is 29.3 Å². The largest absolute Gasteiger partial charge is 0.487 e. The highest BCUT2D eigenvalue weighted by Gasteiger charge is 2.27. The van der Waals surface area contributed by atoms with Crippen molar-refractivity contribution in [3.8, 4) is 5.75 Å². The van der Waals surface area contributed by atoms with Gasteiger partial charge in [0.15, 0.2) is 5.75 Å². The molecule has 0 saturated heterocycles. The number of nitrogen functional groups attached to an aromatic ring is 1. The van der Waals surface area contributed by atoms with Crippen LogP contribution >= 0.6 is 12.4 Å². The van der Waals surface area contributed by atoms with Gasteiger partial charge in [0.1, 0.15) is 0 Å². The molecule has 3 rings (SSSR count). The van der Waals surface area contributed by atoms with Crippen LogP contribution in [0.3, 0.4) is 0 Å². The molecule has 0 saturated carbocycles. The predicted octanol–water partition coefficient (Wildman–Crippen LogP) is 3.59. The number of nitro benzene ring substituents is 1. The van der Waals surface area contributed by atoms with Crippen LogP contribution in [0.2, 0.25) is 0 Å². The second-order valence-electron chi connectivity index (χ2n) is 5.78. The van der Waals surface area contributed by atoms with E-state index in [-0.39, 0.29) is 35.3 Å². The van der Waals surface area contributed by atoms with Crippen LogP contribution in [0.4, 0.5) is 17.1 Å². The molecule has 0 unspecified atom stereocenters. The van der Waals surface area contributed by atoms with Gasteiger partial charge in [0, 0.05) is 29.5 Å². The van der Waals surface area contributed by atoms with Gasteiger partial charge in [-0.05, 0) is 49.6 Å². The summed E-state index contributed by atoms with van der Waals surface area (Å²) in [6.45, 7) is 2.61. The van der Waals surface area contributed by atoms with Crippen LogP contribution in [0.25, 0.3) is 0 Å². The first-order valence-corrected chi connectivity index (χ1v) is 8.13. The third-order valence-electron chi connectivity index (χ3n) is 4.23. The maximum atomic E-state index is 12.9. The topological polar surface area (TPSA) is 98.7 Å². The van der Waals surface area contributed by atoms with Crippen molar-refractivity contribution in [3.63, 3.8) is 0 Å². The highest BCUT2D eigenvalue weighted by atomic mass is 35.5. The summed E-state index contributed by atoms with van der Waals surface area (Å²) in [6.07, 6.45) is 1.61. The van der Waals surface area contributed by atoms with E-state index in [2.05, 4.69) is 0 Å². The number of fused-ring (bicyclic) bond motifs is 1. The first-order chi connectivity index (χ1) is 12.0. The molecule has 0 aliphatic carbocycles. The van der Waals surface area contributed by atoms with Crippen LogP contribution in [-0.2, 0) is 6.42 Å². The van der Waals surface area contributed by atoms with E-state index in [0.717, 1.165) is 24.1 Å². The summed E-state index contributed by atoms with van der Waals surface area (Å²) in [5.41, 5.74) is 8.44. The Bertz CT molecular complexity index is 841. The molecule has 0 fully saturated rings. The minimum atomic E-state index is -0.538. The Kier molecular flexibility index (Phi) is 6.05. The van der Waals surface area contributed by atoms with Gasteiger partial charge in [0.25, 0.3) is 5.91 Å². The molecule has 1 heterocycles. The minimum Gasteiger partial charge on any atom is -0.487 e. The number of nitrogens with zero attached hydrogens (tertiary/aromatic N) is 2. The van der Waals surface area contributed by atoms with Crippen molar-refractivity contribution in [1.82, 2.24) is 0 Å². The summed E-state index contributed by atoms with van der Waals surface area (Å²) >= 11 is 0. The quantitative estimate of drug-likeness (QED) is 0.498. The van der Waals surface area contributed by atoms with Gasteiger partial charge < -0.3 is 15.4 Å². The van der Waals surface area contributed by atoms with Crippen LogP contribution in [-0.4, -0.2) is 24.0 Å². The summed E-state index contributed by atoms with van der Waals surface area (Å²) in [7, 11) is 0. The standard InChI is InChI=1S/C18H19N3O4.ClH/c1-2-25-17-9-8-12(11-16(17)21(23)24)18(22)20-10-4-5-13-14(19)6-3-7-15(13)20;/h3,6-9,11H,2,4-5,10,19H2,1H3;1H. The SMILES string of the molecule is CCOc1ccc(C(=O)N2CCCc3c(N)cccc32)cc1[N+](=O)[O-].Cl. The van der Waals surface area contributed by atoms with E-state index in [1.54, 1.807) is 24.0 Å². The fourth-order valence-electron chi connectivity index (χ4n) is 3.09. The lowest BCUT2D eigenvalue weighted by atomic mass is 9.99. The molecular weight excluding hydrogens is 358 g/mol. The second kappa shape index (κ2) is 8.05. The molecule has 7 nitrogen and oxygen atoms in total. The zero-order chi connectivity index (χ0) is 18.0. The molecule has 26 heavy (non-hydrogen) atoms. The van der Waals surface area contributed by atoms with Crippen molar-refractivity contribution in [2.24, 2.45) is 0 Å². The third kappa shape index (κ3) is 3.57. The number of carbonyl (C=O) groups excluding carboxylic acids is 1. The Morgan fingerprint density at radius 1 is 1.35 bits per heavy atom. The molecule has 0 bridgehead atoms. The van der Waals surface area contributed by atoms with Crippen molar-refractivity contribution in [2.45, 2.75) is 19.8 Å². The Morgan fingerprint density at radius 2 is 2.12 bits per heavy atom. The highest BCUT2D eigenvalue weighted by molar-refractivity contribution is 6.07. The van der Waals surface area contributed by atoms with Crippen molar-refractivity contribution >= 4 is 35.4 Å². The summed E-state index contributed by atoms with van der Waals surface area (Å²) in [5, 5.41) is 11.3. The normalized spacial score (nSPS) is 12.7. The van der Waals surface area contributed by atoms with Gasteiger partial charge in [-0.2, -0.15) is 0 Å². The number of ether oxygens (including phenoxy) is 1. The van der Waals surface area contributed by atoms with E-state index in [1.165, 1.54) is 12.1 Å². The Balaban J connectivity index is 0.00000243. The van der Waals surface area contributed by atoms with Gasteiger partial charge in [-0.3, -0.25) is 14.9 Å². The number of halogens is 1. The monoisotopic (exact) mass is 377 g/mol. The molecule has 1 aliphatic heterocycles. The van der Waals surface area contributed by atoms with Crippen LogP contribution < -0.4 is 15.4 Å². The minimum absolute atomic E-state index is 0. The third-order valence-corrected chi connectivity index (χ3v) is 4.23. The summed E-state index contributed by atoms with van der Waals surface area (Å²) in [6, 6.07) is 9.77. The summed E-state index contributed by atoms with van der Waals surface area (Å²) in [5.74, 6) is -0.120. The summed E-state index contributed by atoms with van der Waals surface area (Å²) < 4.78 is 5.27. The zero-order valence-corrected chi connectivity index (χ0v) is 15.1. The molecule has 1 amide bonds. The molecule has 2 aromatic carbocycles. The maximum absolute atomic E-state index is 12.9. The number of amides is 1. The maximum Gasteiger partial charge on any atom is 0.311 e. The van der Waals surface area contributed by atoms with Gasteiger partial charge in [-0.1, -0.05) is 6.07 Å². The lowest BCUT2D eigenvalue weighted by molar-refractivity contribution is -0.385. The van der Waals surface area contributed by atoms with Crippen molar-refractivity contribution < 1.29 is 14.5 Å². The van der Waals surface area contributed by atoms with Crippen molar-refractivity contribution in [1.29, 1.82) is 0 Å². The fourth-order valence-corrected chi connectivity index (χ4v) is 3.09. The van der Waals surface area contributed by atoms with Gasteiger partial charge in [-0.15, -0.1) is 12.4 Å². The number of hydrogen-bond acceptors (Lipinski definition) is 5. The number of rotatable bonds is 4. The second-order valence-corrected chi connectivity index (χ2v) is 5.78. The van der Waals surface area contributed by atoms with Crippen LogP contribution in [0.15, 0.2) is 36.4 Å². The van der Waals surface area contributed by atoms with E-state index < -0.39 is 4.92 Å². The highest BCUT2D eigenvalue weighted by Crippen LogP contribution is 2.34. The molecule has 1 aliphatic rings. The van der Waals surface area contributed by atoms with Crippen molar-refractivity contribution in [2.75, 3.05) is 23.8 Å². The molecule has 2 aromatic rings. The number of nitrogens with two attached hydrogens (primary N) is 1. The number of anilines is 2. The molecule has 0 atom stereocenters. The molecule has 138 valence electrons. The number of hydrogen-bond donors (Lipinski definition) is 1. The first-order valence-electron chi connectivity index (χ1n) is 8.13. The number of benzene rings is 2. The molecule has 0 aromatic heterocycles. The smallest absolute Gasteiger partial charge is 0.311 e. The number of carbonyl (C=O) groups is 1. The zero-order valence-electron chi connectivity index (χ0n) is 14.3. The van der Waals surface area contributed by atoms with E-state index >= 15 is 0 Å². The summed E-state index contributed by atoms with van der Waals surface area (Å²) in [4.78, 5) is 25.3. The lowest BCUT2D eigenvalue weighted by Gasteiger charge is -2.30. The lowest BCUT2D eigenvalue weighted by Crippen LogP contribution is -2.35. The molecule has 8 heteroatoms. The molecule has 0 spiro atoms. The van der Waals surface area contributed by atoms with Gasteiger partial charge in [-0.25, -0.2) is 0 Å². The predicted molar refractivity (Wildman–Crippen MR) is 102 cm³/mol. The van der Waals surface area contributed by atoms with E-state index in [4.69, 9.17) is 10.5 Å². The van der Waals surface area contributed by atoms with Gasteiger partial charge >= 0.3 is 5.69 Å². The Labute approximate surface area is 157 Å². The first kappa shape index (κ1) is 19.5. The van der Waals surface area contributed by atoms with Gasteiger partial charge in [0.05, 0.1) is 11.5 Å². The van der Waals surface area contributed by atoms with Crippen molar-refractivity contribution in [3.05, 3.63) is 57.6 Å². The van der Waals surface area contributed by atoms with Gasteiger partial charge in [0.2, 0.25) is 0 Å². The van der Waals surface area contributed by atoms with Crippen LogP contribution in [0.5, 0.6) is 5.75 Å². The number of nitro groups is 1. The average Bonchev–Trinajstić information content (AvgIpc) is 2.61. The average molecular weight is 378 g/mol. The molecule has 2 N–H and O–H groups in total. The molecule has 0 radical (unpaired) electrons. The molecular formula is C18H20ClN3O4. The Hall–Kier alpha value is -2.80. The van der Waals surface area contributed by atoms with E-state index in [0.29, 0.717) is 18.8 Å². The van der Waals surface area contributed by atoms with Crippen LogP contribution in [0, 0.1) is 10.1 Å².